The van der Waals surface area contributed by atoms with E-state index in [9.17, 15) is 9.59 Å². The molecule has 0 aliphatic heterocycles. The van der Waals surface area contributed by atoms with Gasteiger partial charge in [-0.3, -0.25) is 4.79 Å². The predicted molar refractivity (Wildman–Crippen MR) is 97.0 cm³/mol. The SMILES string of the molecule is Cc1ccc(C)c(NC(=O)COC(=O)[C@@H](C)Oc2ccc(Cl)cc2)c1. The highest BCUT2D eigenvalue weighted by molar-refractivity contribution is 6.30. The Morgan fingerprint density at radius 2 is 1.80 bits per heavy atom. The predicted octanol–water partition coefficient (Wildman–Crippen LogP) is 3.91. The van der Waals surface area contributed by atoms with Crippen LogP contribution in [-0.4, -0.2) is 24.6 Å². The third-order valence-corrected chi connectivity index (χ3v) is 3.72. The van der Waals surface area contributed by atoms with Crippen LogP contribution in [0.2, 0.25) is 5.02 Å². The molecule has 5 nitrogen and oxygen atoms in total. The van der Waals surface area contributed by atoms with E-state index in [2.05, 4.69) is 5.32 Å². The number of esters is 1. The summed E-state index contributed by atoms with van der Waals surface area (Å²) < 4.78 is 10.5. The molecular weight excluding hydrogens is 342 g/mol. The second-order valence-corrected chi connectivity index (χ2v) is 6.12. The molecule has 2 rings (SSSR count). The van der Waals surface area contributed by atoms with E-state index in [1.54, 1.807) is 31.2 Å². The molecule has 0 spiro atoms. The molecule has 0 radical (unpaired) electrons. The minimum absolute atomic E-state index is 0.374. The van der Waals surface area contributed by atoms with Crippen LogP contribution in [0.15, 0.2) is 42.5 Å². The van der Waals surface area contributed by atoms with Gasteiger partial charge >= 0.3 is 5.97 Å². The second kappa shape index (κ2) is 8.53. The first-order valence-electron chi connectivity index (χ1n) is 7.81. The summed E-state index contributed by atoms with van der Waals surface area (Å²) in [5.74, 6) is -0.527. The standard InChI is InChI=1S/C19H20ClNO4/c1-12-4-5-13(2)17(10-12)21-18(22)11-24-19(23)14(3)25-16-8-6-15(20)7-9-16/h4-10,14H,11H2,1-3H3,(H,21,22)/t14-/m1/s1. The summed E-state index contributed by atoms with van der Waals surface area (Å²) >= 11 is 5.79. The summed E-state index contributed by atoms with van der Waals surface area (Å²) in [6.07, 6.45) is -0.838. The number of nitrogens with one attached hydrogen (secondary N) is 1. The normalized spacial score (nSPS) is 11.5. The molecule has 0 saturated carbocycles. The van der Waals surface area contributed by atoms with Gasteiger partial charge < -0.3 is 14.8 Å². The van der Waals surface area contributed by atoms with E-state index < -0.39 is 18.0 Å². The molecule has 25 heavy (non-hydrogen) atoms. The topological polar surface area (TPSA) is 64.6 Å². The van der Waals surface area contributed by atoms with Gasteiger partial charge in [0.1, 0.15) is 5.75 Å². The highest BCUT2D eigenvalue weighted by Crippen LogP contribution is 2.18. The number of rotatable bonds is 6. The molecule has 2 aromatic carbocycles. The Kier molecular flexibility index (Phi) is 6.42. The number of hydrogen-bond donors (Lipinski definition) is 1. The lowest BCUT2D eigenvalue weighted by atomic mass is 10.1. The molecule has 0 heterocycles. The number of benzene rings is 2. The van der Waals surface area contributed by atoms with E-state index in [0.29, 0.717) is 16.5 Å². The Bertz CT molecular complexity index is 759. The van der Waals surface area contributed by atoms with Crippen molar-refractivity contribution < 1.29 is 19.1 Å². The monoisotopic (exact) mass is 361 g/mol. The molecule has 0 saturated heterocycles. The molecule has 0 unspecified atom stereocenters. The van der Waals surface area contributed by atoms with Crippen molar-refractivity contribution in [3.8, 4) is 5.75 Å². The lowest BCUT2D eigenvalue weighted by Gasteiger charge is -2.14. The average molecular weight is 362 g/mol. The first-order valence-corrected chi connectivity index (χ1v) is 8.19. The van der Waals surface area contributed by atoms with Gasteiger partial charge in [-0.2, -0.15) is 0 Å². The lowest BCUT2D eigenvalue weighted by molar-refractivity contribution is -0.153. The first kappa shape index (κ1) is 18.8. The second-order valence-electron chi connectivity index (χ2n) is 5.69. The fourth-order valence-corrected chi connectivity index (χ4v) is 2.20. The van der Waals surface area contributed by atoms with Gasteiger partial charge in [-0.15, -0.1) is 0 Å². The van der Waals surface area contributed by atoms with Crippen molar-refractivity contribution in [2.75, 3.05) is 11.9 Å². The molecule has 1 amide bonds. The largest absolute Gasteiger partial charge is 0.479 e. The number of aryl methyl sites for hydroxylation is 2. The van der Waals surface area contributed by atoms with Crippen molar-refractivity contribution in [2.24, 2.45) is 0 Å². The third-order valence-electron chi connectivity index (χ3n) is 3.47. The maximum atomic E-state index is 12.0. The van der Waals surface area contributed by atoms with Crippen LogP contribution in [0.5, 0.6) is 5.75 Å². The number of hydrogen-bond acceptors (Lipinski definition) is 4. The first-order chi connectivity index (χ1) is 11.8. The van der Waals surface area contributed by atoms with Crippen molar-refractivity contribution in [1.82, 2.24) is 0 Å². The molecule has 2 aromatic rings. The maximum absolute atomic E-state index is 12.0. The van der Waals surface area contributed by atoms with Crippen molar-refractivity contribution >= 4 is 29.2 Å². The van der Waals surface area contributed by atoms with Crippen LogP contribution in [0.3, 0.4) is 0 Å². The Morgan fingerprint density at radius 1 is 1.12 bits per heavy atom. The molecule has 132 valence electrons. The summed E-state index contributed by atoms with van der Waals surface area (Å²) in [5.41, 5.74) is 2.67. The maximum Gasteiger partial charge on any atom is 0.347 e. The van der Waals surface area contributed by atoms with Crippen LogP contribution in [0, 0.1) is 13.8 Å². The molecule has 1 atom stereocenters. The number of carbonyl (C=O) groups excluding carboxylic acids is 2. The molecular formula is C19H20ClNO4. The number of ether oxygens (including phenoxy) is 2. The van der Waals surface area contributed by atoms with Gasteiger partial charge in [-0.1, -0.05) is 23.7 Å². The summed E-state index contributed by atoms with van der Waals surface area (Å²) in [7, 11) is 0. The van der Waals surface area contributed by atoms with Gasteiger partial charge in [0.2, 0.25) is 0 Å². The van der Waals surface area contributed by atoms with Crippen molar-refractivity contribution in [2.45, 2.75) is 26.9 Å². The van der Waals surface area contributed by atoms with E-state index >= 15 is 0 Å². The van der Waals surface area contributed by atoms with Crippen LogP contribution in [-0.2, 0) is 14.3 Å². The zero-order valence-corrected chi connectivity index (χ0v) is 15.1. The van der Waals surface area contributed by atoms with Crippen molar-refractivity contribution in [3.63, 3.8) is 0 Å². The van der Waals surface area contributed by atoms with Gasteiger partial charge in [0.25, 0.3) is 5.91 Å². The summed E-state index contributed by atoms with van der Waals surface area (Å²) in [4.78, 5) is 23.9. The van der Waals surface area contributed by atoms with Crippen molar-refractivity contribution in [1.29, 1.82) is 0 Å². The molecule has 1 N–H and O–H groups in total. The van der Waals surface area contributed by atoms with Crippen molar-refractivity contribution in [3.05, 3.63) is 58.6 Å². The molecule has 0 aliphatic carbocycles. The Balaban J connectivity index is 1.83. The number of anilines is 1. The zero-order chi connectivity index (χ0) is 18.4. The number of amides is 1. The molecule has 0 fully saturated rings. The minimum Gasteiger partial charge on any atom is -0.479 e. The van der Waals surface area contributed by atoms with E-state index in [4.69, 9.17) is 21.1 Å². The Labute approximate surface area is 151 Å². The van der Waals surface area contributed by atoms with Crippen LogP contribution in [0.1, 0.15) is 18.1 Å². The zero-order valence-electron chi connectivity index (χ0n) is 14.3. The highest BCUT2D eigenvalue weighted by atomic mass is 35.5. The summed E-state index contributed by atoms with van der Waals surface area (Å²) in [5, 5.41) is 3.30. The van der Waals surface area contributed by atoms with Crippen LogP contribution in [0.4, 0.5) is 5.69 Å². The van der Waals surface area contributed by atoms with Gasteiger partial charge in [0, 0.05) is 10.7 Å². The number of halogens is 1. The minimum atomic E-state index is -0.838. The van der Waals surface area contributed by atoms with E-state index in [-0.39, 0.29) is 6.61 Å². The van der Waals surface area contributed by atoms with Gasteiger partial charge in [-0.05, 0) is 62.2 Å². The molecule has 6 heteroatoms. The van der Waals surface area contributed by atoms with Crippen LogP contribution in [0.25, 0.3) is 0 Å². The smallest absolute Gasteiger partial charge is 0.347 e. The molecule has 0 aliphatic rings. The van der Waals surface area contributed by atoms with Gasteiger partial charge in [-0.25, -0.2) is 4.79 Å². The molecule has 0 aromatic heterocycles. The lowest BCUT2D eigenvalue weighted by Crippen LogP contribution is -2.29. The van der Waals surface area contributed by atoms with E-state index in [1.807, 2.05) is 32.0 Å². The van der Waals surface area contributed by atoms with Gasteiger partial charge in [0.15, 0.2) is 12.7 Å². The van der Waals surface area contributed by atoms with Gasteiger partial charge in [0.05, 0.1) is 0 Å². The molecule has 0 bridgehead atoms. The third kappa shape index (κ3) is 5.80. The van der Waals surface area contributed by atoms with Crippen LogP contribution < -0.4 is 10.1 Å². The Hall–Kier alpha value is -2.53. The summed E-state index contributed by atoms with van der Waals surface area (Å²) in [6.45, 7) is 5.01. The average Bonchev–Trinajstić information content (AvgIpc) is 2.58. The quantitative estimate of drug-likeness (QED) is 0.792. The van der Waals surface area contributed by atoms with E-state index in [0.717, 1.165) is 11.1 Å². The number of carbonyl (C=O) groups is 2. The highest BCUT2D eigenvalue weighted by Gasteiger charge is 2.18. The summed E-state index contributed by atoms with van der Waals surface area (Å²) in [6, 6.07) is 12.4. The fourth-order valence-electron chi connectivity index (χ4n) is 2.08. The fraction of sp³-hybridized carbons (Fsp3) is 0.263. The Morgan fingerprint density at radius 3 is 2.48 bits per heavy atom. The van der Waals surface area contributed by atoms with Crippen LogP contribution >= 0.6 is 11.6 Å². The van der Waals surface area contributed by atoms with E-state index in [1.165, 1.54) is 0 Å².